The molecule has 0 saturated heterocycles. The first kappa shape index (κ1) is 11.9. The summed E-state index contributed by atoms with van der Waals surface area (Å²) in [7, 11) is 0. The fourth-order valence-electron chi connectivity index (χ4n) is 2.10. The average molecular weight is 229 g/mol. The van der Waals surface area contributed by atoms with Crippen LogP contribution in [0.3, 0.4) is 0 Å². The Morgan fingerprint density at radius 3 is 2.35 bits per heavy atom. The lowest BCUT2D eigenvalue weighted by Crippen LogP contribution is -2.12. The van der Waals surface area contributed by atoms with Crippen LogP contribution in [0.25, 0.3) is 10.8 Å². The minimum absolute atomic E-state index is 0.0325. The topological polar surface area (TPSA) is 35.2 Å². The monoisotopic (exact) mass is 229 g/mol. The van der Waals surface area contributed by atoms with E-state index in [0.29, 0.717) is 0 Å². The third kappa shape index (κ3) is 2.42. The molecule has 0 amide bonds. The third-order valence-corrected chi connectivity index (χ3v) is 2.75. The molecule has 2 heteroatoms. The van der Waals surface area contributed by atoms with Gasteiger partial charge in [-0.05, 0) is 37.6 Å². The highest BCUT2D eigenvalue weighted by molar-refractivity contribution is 5.88. The van der Waals surface area contributed by atoms with Crippen LogP contribution in [0.4, 0.5) is 0 Å². The van der Waals surface area contributed by atoms with Crippen molar-refractivity contribution in [2.24, 2.45) is 5.73 Å². The van der Waals surface area contributed by atoms with Crippen LogP contribution in [0.15, 0.2) is 36.4 Å². The van der Waals surface area contributed by atoms with Crippen molar-refractivity contribution in [3.8, 4) is 5.75 Å². The summed E-state index contributed by atoms with van der Waals surface area (Å²) < 4.78 is 5.83. The van der Waals surface area contributed by atoms with Crippen molar-refractivity contribution in [2.45, 2.75) is 32.9 Å². The minimum atomic E-state index is -0.0325. The van der Waals surface area contributed by atoms with E-state index in [4.69, 9.17) is 10.5 Å². The van der Waals surface area contributed by atoms with E-state index in [1.807, 2.05) is 39.0 Å². The van der Waals surface area contributed by atoms with Crippen molar-refractivity contribution >= 4 is 10.8 Å². The van der Waals surface area contributed by atoms with E-state index >= 15 is 0 Å². The molecular weight excluding hydrogens is 210 g/mol. The Morgan fingerprint density at radius 1 is 1.00 bits per heavy atom. The molecule has 0 aliphatic rings. The van der Waals surface area contributed by atoms with Crippen molar-refractivity contribution in [1.82, 2.24) is 0 Å². The van der Waals surface area contributed by atoms with Crippen LogP contribution < -0.4 is 10.5 Å². The van der Waals surface area contributed by atoms with Crippen molar-refractivity contribution in [3.63, 3.8) is 0 Å². The van der Waals surface area contributed by atoms with Crippen LogP contribution in [-0.4, -0.2) is 6.10 Å². The largest absolute Gasteiger partial charge is 0.491 e. The summed E-state index contributed by atoms with van der Waals surface area (Å²) in [5, 5.41) is 2.39. The molecule has 2 rings (SSSR count). The molecule has 1 unspecified atom stereocenters. The predicted octanol–water partition coefficient (Wildman–Crippen LogP) is 3.65. The van der Waals surface area contributed by atoms with E-state index in [1.54, 1.807) is 0 Å². The molecule has 2 nitrogen and oxygen atoms in total. The Bertz CT molecular complexity index is 517. The van der Waals surface area contributed by atoms with Crippen LogP contribution in [0, 0.1) is 0 Å². The highest BCUT2D eigenvalue weighted by Crippen LogP contribution is 2.32. The normalized spacial score (nSPS) is 13.0. The molecule has 0 aliphatic carbocycles. The van der Waals surface area contributed by atoms with Crippen molar-refractivity contribution in [1.29, 1.82) is 0 Å². The molecule has 0 saturated carbocycles. The van der Waals surface area contributed by atoms with E-state index in [0.717, 1.165) is 11.3 Å². The number of benzene rings is 2. The summed E-state index contributed by atoms with van der Waals surface area (Å²) in [5.74, 6) is 0.897. The quantitative estimate of drug-likeness (QED) is 0.872. The van der Waals surface area contributed by atoms with Crippen LogP contribution >= 0.6 is 0 Å². The summed E-state index contributed by atoms with van der Waals surface area (Å²) in [6.45, 7) is 6.05. The van der Waals surface area contributed by atoms with E-state index < -0.39 is 0 Å². The molecule has 2 aromatic carbocycles. The van der Waals surface area contributed by atoms with Gasteiger partial charge < -0.3 is 10.5 Å². The summed E-state index contributed by atoms with van der Waals surface area (Å²) in [4.78, 5) is 0. The van der Waals surface area contributed by atoms with Crippen molar-refractivity contribution in [2.75, 3.05) is 0 Å². The molecule has 0 heterocycles. The van der Waals surface area contributed by atoms with Crippen molar-refractivity contribution < 1.29 is 4.74 Å². The van der Waals surface area contributed by atoms with Crippen LogP contribution in [-0.2, 0) is 0 Å². The second kappa shape index (κ2) is 4.76. The molecule has 0 aliphatic heterocycles. The highest BCUT2D eigenvalue weighted by Gasteiger charge is 2.13. The number of fused-ring (bicyclic) bond motifs is 1. The molecule has 0 spiro atoms. The Kier molecular flexibility index (Phi) is 3.34. The Labute approximate surface area is 102 Å². The molecule has 0 aromatic heterocycles. The average Bonchev–Trinajstić information content (AvgIpc) is 2.27. The summed E-state index contributed by atoms with van der Waals surface area (Å²) >= 11 is 0. The molecule has 0 bridgehead atoms. The van der Waals surface area contributed by atoms with Gasteiger partial charge in [-0.15, -0.1) is 0 Å². The number of ether oxygens (including phenoxy) is 1. The third-order valence-electron chi connectivity index (χ3n) is 2.75. The van der Waals surface area contributed by atoms with Gasteiger partial charge >= 0.3 is 0 Å². The van der Waals surface area contributed by atoms with Gasteiger partial charge in [-0.1, -0.05) is 30.3 Å². The lowest BCUT2D eigenvalue weighted by Gasteiger charge is -2.18. The van der Waals surface area contributed by atoms with Crippen molar-refractivity contribution in [3.05, 3.63) is 42.0 Å². The molecule has 1 atom stereocenters. The number of rotatable bonds is 3. The first-order chi connectivity index (χ1) is 8.09. The van der Waals surface area contributed by atoms with E-state index in [1.165, 1.54) is 10.8 Å². The second-order valence-electron chi connectivity index (χ2n) is 4.65. The molecule has 17 heavy (non-hydrogen) atoms. The number of nitrogens with two attached hydrogens (primary N) is 1. The lowest BCUT2D eigenvalue weighted by molar-refractivity contribution is 0.239. The van der Waals surface area contributed by atoms with Gasteiger partial charge in [-0.25, -0.2) is 0 Å². The lowest BCUT2D eigenvalue weighted by atomic mass is 9.99. The Balaban J connectivity index is 2.64. The number of hydrogen-bond acceptors (Lipinski definition) is 2. The first-order valence-corrected chi connectivity index (χ1v) is 6.03. The smallest absolute Gasteiger partial charge is 0.125 e. The fourth-order valence-corrected chi connectivity index (χ4v) is 2.10. The number of hydrogen-bond donors (Lipinski definition) is 1. The molecule has 0 fully saturated rings. The molecular formula is C15H19NO. The Hall–Kier alpha value is -1.54. The maximum absolute atomic E-state index is 6.08. The zero-order valence-electron chi connectivity index (χ0n) is 10.6. The zero-order chi connectivity index (χ0) is 12.4. The molecule has 2 N–H and O–H groups in total. The van der Waals surface area contributed by atoms with Gasteiger partial charge in [0.1, 0.15) is 5.75 Å². The maximum Gasteiger partial charge on any atom is 0.125 e. The minimum Gasteiger partial charge on any atom is -0.491 e. The van der Waals surface area contributed by atoms with E-state index in [9.17, 15) is 0 Å². The van der Waals surface area contributed by atoms with Gasteiger partial charge in [0, 0.05) is 11.6 Å². The maximum atomic E-state index is 6.08. The summed E-state index contributed by atoms with van der Waals surface area (Å²) in [5.41, 5.74) is 7.17. The second-order valence-corrected chi connectivity index (χ2v) is 4.65. The fraction of sp³-hybridized carbons (Fsp3) is 0.333. The first-order valence-electron chi connectivity index (χ1n) is 6.03. The van der Waals surface area contributed by atoms with Crippen LogP contribution in [0.1, 0.15) is 32.4 Å². The van der Waals surface area contributed by atoms with Gasteiger partial charge in [0.25, 0.3) is 0 Å². The van der Waals surface area contributed by atoms with Gasteiger partial charge in [0.15, 0.2) is 0 Å². The van der Waals surface area contributed by atoms with Gasteiger partial charge in [0.2, 0.25) is 0 Å². The van der Waals surface area contributed by atoms with Crippen LogP contribution in [0.5, 0.6) is 5.75 Å². The van der Waals surface area contributed by atoms with E-state index in [-0.39, 0.29) is 12.1 Å². The highest BCUT2D eigenvalue weighted by atomic mass is 16.5. The molecule has 0 radical (unpaired) electrons. The molecule has 90 valence electrons. The van der Waals surface area contributed by atoms with Crippen LogP contribution in [0.2, 0.25) is 0 Å². The van der Waals surface area contributed by atoms with Gasteiger partial charge in [-0.3, -0.25) is 0 Å². The predicted molar refractivity (Wildman–Crippen MR) is 72.3 cm³/mol. The SMILES string of the molecule is CC(C)Oc1ccc2ccccc2c1C(C)N. The summed E-state index contributed by atoms with van der Waals surface area (Å²) in [6, 6.07) is 12.3. The van der Waals surface area contributed by atoms with E-state index in [2.05, 4.69) is 18.2 Å². The van der Waals surface area contributed by atoms with Gasteiger partial charge in [-0.2, -0.15) is 0 Å². The zero-order valence-corrected chi connectivity index (χ0v) is 10.6. The molecule has 2 aromatic rings. The Morgan fingerprint density at radius 2 is 1.71 bits per heavy atom. The summed E-state index contributed by atoms with van der Waals surface area (Å²) in [6.07, 6.45) is 0.161. The van der Waals surface area contributed by atoms with Gasteiger partial charge in [0.05, 0.1) is 6.10 Å². The standard InChI is InChI=1S/C15H19NO/c1-10(2)17-14-9-8-12-6-4-5-7-13(12)15(14)11(3)16/h4-11H,16H2,1-3H3.